The monoisotopic (exact) mass is 349 g/mol. The summed E-state index contributed by atoms with van der Waals surface area (Å²) >= 11 is 0. The van der Waals surface area contributed by atoms with Crippen molar-refractivity contribution in [2.75, 3.05) is 37.8 Å². The number of ether oxygens (including phenoxy) is 1. The van der Waals surface area contributed by atoms with E-state index < -0.39 is 0 Å². The second kappa shape index (κ2) is 9.39. The number of rotatable bonds is 10. The summed E-state index contributed by atoms with van der Waals surface area (Å²) in [5.74, 6) is 0.762. The maximum atomic E-state index is 11.2. The van der Waals surface area contributed by atoms with Gasteiger partial charge in [0.2, 0.25) is 0 Å². The predicted molar refractivity (Wildman–Crippen MR) is 96.7 cm³/mol. The van der Waals surface area contributed by atoms with Crippen molar-refractivity contribution in [3.63, 3.8) is 0 Å². The highest BCUT2D eigenvalue weighted by atomic mass is 16.5. The lowest BCUT2D eigenvalue weighted by Crippen LogP contribution is -2.29. The summed E-state index contributed by atoms with van der Waals surface area (Å²) in [4.78, 5) is 17.8. The lowest BCUT2D eigenvalue weighted by molar-refractivity contribution is -0.143. The summed E-state index contributed by atoms with van der Waals surface area (Å²) < 4.78 is 7.15. The summed E-state index contributed by atoms with van der Waals surface area (Å²) in [6.45, 7) is 3.18. The van der Waals surface area contributed by atoms with Crippen LogP contribution in [0.3, 0.4) is 0 Å². The van der Waals surface area contributed by atoms with Crippen LogP contribution in [-0.4, -0.2) is 58.6 Å². The van der Waals surface area contributed by atoms with Crippen LogP contribution < -0.4 is 4.90 Å². The van der Waals surface area contributed by atoms with Crippen molar-refractivity contribution < 1.29 is 19.7 Å². The van der Waals surface area contributed by atoms with Gasteiger partial charge in [0.1, 0.15) is 5.82 Å². The van der Waals surface area contributed by atoms with Crippen molar-refractivity contribution in [3.05, 3.63) is 24.0 Å². The highest BCUT2D eigenvalue weighted by Crippen LogP contribution is 2.23. The molecule has 2 rings (SSSR count). The van der Waals surface area contributed by atoms with Crippen LogP contribution in [0.25, 0.3) is 11.0 Å². The van der Waals surface area contributed by atoms with Crippen molar-refractivity contribution in [2.24, 2.45) is 7.05 Å². The first kappa shape index (κ1) is 19.2. The fraction of sp³-hybridized carbons (Fsp3) is 0.556. The Bertz CT molecular complexity index is 693. The highest BCUT2D eigenvalue weighted by Gasteiger charge is 2.11. The summed E-state index contributed by atoms with van der Waals surface area (Å²) in [5.41, 5.74) is 2.83. The van der Waals surface area contributed by atoms with E-state index in [2.05, 4.69) is 4.98 Å². The van der Waals surface area contributed by atoms with Crippen LogP contribution in [0.5, 0.6) is 0 Å². The van der Waals surface area contributed by atoms with E-state index in [0.717, 1.165) is 35.4 Å². The molecule has 2 aromatic rings. The number of imidazole rings is 1. The lowest BCUT2D eigenvalue weighted by atomic mass is 10.2. The Kier molecular flexibility index (Phi) is 7.21. The zero-order valence-corrected chi connectivity index (χ0v) is 14.9. The number of aliphatic hydroxyl groups is 2. The largest absolute Gasteiger partial charge is 0.466 e. The van der Waals surface area contributed by atoms with E-state index in [1.807, 2.05) is 34.7 Å². The summed E-state index contributed by atoms with van der Waals surface area (Å²) in [6.07, 6.45) is 1.86. The van der Waals surface area contributed by atoms with Crippen LogP contribution in [0, 0.1) is 0 Å². The minimum Gasteiger partial charge on any atom is -0.466 e. The van der Waals surface area contributed by atoms with Gasteiger partial charge in [-0.1, -0.05) is 6.92 Å². The van der Waals surface area contributed by atoms with Gasteiger partial charge in [0.15, 0.2) is 0 Å². The maximum absolute atomic E-state index is 11.2. The molecule has 138 valence electrons. The number of hydrogen-bond acceptors (Lipinski definition) is 6. The van der Waals surface area contributed by atoms with Gasteiger partial charge < -0.3 is 24.4 Å². The number of hydrogen-bond donors (Lipinski definition) is 2. The minimum absolute atomic E-state index is 0.0297. The number of aryl methyl sites for hydroxylation is 2. The summed E-state index contributed by atoms with van der Waals surface area (Å²) in [6, 6.07) is 5.95. The molecule has 2 N–H and O–H groups in total. The van der Waals surface area contributed by atoms with Gasteiger partial charge in [-0.15, -0.1) is 0 Å². The normalized spacial score (nSPS) is 11.0. The molecule has 0 saturated carbocycles. The van der Waals surface area contributed by atoms with E-state index in [4.69, 9.17) is 4.74 Å². The smallest absolute Gasteiger partial charge is 0.305 e. The van der Waals surface area contributed by atoms with Crippen LogP contribution >= 0.6 is 0 Å². The quantitative estimate of drug-likeness (QED) is 0.496. The number of benzene rings is 1. The van der Waals surface area contributed by atoms with Crippen LogP contribution in [0.2, 0.25) is 0 Å². The number of fused-ring (bicyclic) bond motifs is 1. The molecule has 0 aliphatic rings. The molecule has 0 saturated heterocycles. The Morgan fingerprint density at radius 1 is 1.28 bits per heavy atom. The fourth-order valence-electron chi connectivity index (χ4n) is 2.79. The molecule has 0 radical (unpaired) electrons. The van der Waals surface area contributed by atoms with E-state index in [-0.39, 0.29) is 19.2 Å². The van der Waals surface area contributed by atoms with E-state index in [1.165, 1.54) is 0 Å². The van der Waals surface area contributed by atoms with Crippen molar-refractivity contribution in [1.82, 2.24) is 9.55 Å². The van der Waals surface area contributed by atoms with Crippen molar-refractivity contribution in [1.29, 1.82) is 0 Å². The molecular weight excluding hydrogens is 322 g/mol. The van der Waals surface area contributed by atoms with Gasteiger partial charge in [0.05, 0.1) is 30.9 Å². The molecule has 7 heteroatoms. The topological polar surface area (TPSA) is 87.8 Å². The minimum atomic E-state index is -0.178. The number of carbonyl (C=O) groups excluding carboxylic acids is 1. The van der Waals surface area contributed by atoms with Gasteiger partial charge in [-0.25, -0.2) is 4.98 Å². The Hall–Kier alpha value is -2.12. The van der Waals surface area contributed by atoms with E-state index in [1.54, 1.807) is 6.92 Å². The zero-order chi connectivity index (χ0) is 18.2. The van der Waals surface area contributed by atoms with Crippen molar-refractivity contribution in [3.8, 4) is 0 Å². The predicted octanol–water partition coefficient (Wildman–Crippen LogP) is 1.25. The molecule has 1 heterocycles. The molecule has 0 amide bonds. The van der Waals surface area contributed by atoms with E-state index in [9.17, 15) is 15.0 Å². The first-order valence-electron chi connectivity index (χ1n) is 8.68. The molecule has 0 aliphatic carbocycles. The number of anilines is 1. The number of aromatic nitrogens is 2. The Morgan fingerprint density at radius 2 is 2.00 bits per heavy atom. The standard InChI is InChI=1S/C18H27N3O4/c1-3-18(24)25-12-4-5-17-19-15-13-14(6-7-16(15)20(17)2)21(8-10-22)9-11-23/h6-7,13,22-23H,3-5,8-12H2,1-2H3. The molecular formula is C18H27N3O4. The maximum Gasteiger partial charge on any atom is 0.305 e. The number of nitrogens with zero attached hydrogens (tertiary/aromatic N) is 3. The van der Waals surface area contributed by atoms with Crippen LogP contribution in [0.4, 0.5) is 5.69 Å². The molecule has 0 aliphatic heterocycles. The van der Waals surface area contributed by atoms with E-state index in [0.29, 0.717) is 26.1 Å². The molecule has 1 aromatic carbocycles. The zero-order valence-electron chi connectivity index (χ0n) is 14.9. The summed E-state index contributed by atoms with van der Waals surface area (Å²) in [7, 11) is 1.97. The molecule has 0 atom stereocenters. The van der Waals surface area contributed by atoms with Gasteiger partial charge in [-0.05, 0) is 24.6 Å². The molecule has 0 bridgehead atoms. The van der Waals surface area contributed by atoms with Gasteiger partial charge in [0.25, 0.3) is 0 Å². The first-order valence-corrected chi connectivity index (χ1v) is 8.68. The molecule has 0 unspecified atom stereocenters. The van der Waals surface area contributed by atoms with E-state index >= 15 is 0 Å². The third-order valence-electron chi connectivity index (χ3n) is 4.16. The van der Waals surface area contributed by atoms with Gasteiger partial charge in [-0.2, -0.15) is 0 Å². The van der Waals surface area contributed by atoms with Crippen molar-refractivity contribution in [2.45, 2.75) is 26.2 Å². The van der Waals surface area contributed by atoms with Crippen LogP contribution in [-0.2, 0) is 23.0 Å². The second-order valence-corrected chi connectivity index (χ2v) is 5.87. The average Bonchev–Trinajstić information content (AvgIpc) is 2.93. The number of aliphatic hydroxyl groups excluding tert-OH is 2. The second-order valence-electron chi connectivity index (χ2n) is 5.87. The van der Waals surface area contributed by atoms with Crippen molar-refractivity contribution >= 4 is 22.7 Å². The number of esters is 1. The molecule has 7 nitrogen and oxygen atoms in total. The Morgan fingerprint density at radius 3 is 2.64 bits per heavy atom. The Balaban J connectivity index is 2.10. The van der Waals surface area contributed by atoms with Gasteiger partial charge in [0, 0.05) is 38.7 Å². The van der Waals surface area contributed by atoms with Gasteiger partial charge in [-0.3, -0.25) is 4.79 Å². The van der Waals surface area contributed by atoms with Crippen LogP contribution in [0.1, 0.15) is 25.6 Å². The molecule has 0 fully saturated rings. The molecule has 0 spiro atoms. The fourth-order valence-corrected chi connectivity index (χ4v) is 2.79. The third kappa shape index (κ3) is 4.93. The summed E-state index contributed by atoms with van der Waals surface area (Å²) in [5, 5.41) is 18.4. The van der Waals surface area contributed by atoms with Gasteiger partial charge >= 0.3 is 5.97 Å². The Labute approximate surface area is 147 Å². The highest BCUT2D eigenvalue weighted by molar-refractivity contribution is 5.80. The van der Waals surface area contributed by atoms with Crippen LogP contribution in [0.15, 0.2) is 18.2 Å². The molecule has 25 heavy (non-hydrogen) atoms. The molecule has 1 aromatic heterocycles. The number of carbonyl (C=O) groups is 1. The average molecular weight is 349 g/mol. The third-order valence-corrected chi connectivity index (χ3v) is 4.16. The lowest BCUT2D eigenvalue weighted by Gasteiger charge is -2.22. The SMILES string of the molecule is CCC(=O)OCCCc1nc2cc(N(CCO)CCO)ccc2n1C. The first-order chi connectivity index (χ1) is 12.1.